The van der Waals surface area contributed by atoms with E-state index in [4.69, 9.17) is 0 Å². The molecule has 1 aromatic carbocycles. The second-order valence-corrected chi connectivity index (χ2v) is 5.65. The molecule has 1 aromatic rings. The van der Waals surface area contributed by atoms with Gasteiger partial charge in [0.15, 0.2) is 0 Å². The summed E-state index contributed by atoms with van der Waals surface area (Å²) in [5, 5.41) is 14.9. The molecule has 0 bridgehead atoms. The Morgan fingerprint density at radius 2 is 2.05 bits per heavy atom. The Bertz CT molecular complexity index is 536. The highest BCUT2D eigenvalue weighted by Crippen LogP contribution is 2.24. The molecule has 1 saturated carbocycles. The summed E-state index contributed by atoms with van der Waals surface area (Å²) < 4.78 is 13.0. The van der Waals surface area contributed by atoms with Gasteiger partial charge >= 0.3 is 0 Å². The number of amides is 2. The Kier molecular flexibility index (Phi) is 5.89. The van der Waals surface area contributed by atoms with E-state index in [1.165, 1.54) is 18.2 Å². The lowest BCUT2D eigenvalue weighted by atomic mass is 10.1. The van der Waals surface area contributed by atoms with Gasteiger partial charge in [-0.05, 0) is 30.5 Å². The van der Waals surface area contributed by atoms with Crippen LogP contribution in [0.5, 0.6) is 0 Å². The summed E-state index contributed by atoms with van der Waals surface area (Å²) in [6, 6.07) is 5.80. The molecule has 3 N–H and O–H groups in total. The SMILES string of the molecule is O=C(CNC(=O)Cc1cccc(F)c1)NCC1CCCC1O. The molecule has 22 heavy (non-hydrogen) atoms. The highest BCUT2D eigenvalue weighted by Gasteiger charge is 2.25. The number of benzene rings is 1. The van der Waals surface area contributed by atoms with Crippen molar-refractivity contribution >= 4 is 11.8 Å². The molecule has 6 heteroatoms. The molecule has 0 spiro atoms. The number of nitrogens with one attached hydrogen (secondary N) is 2. The van der Waals surface area contributed by atoms with Gasteiger partial charge in [0.2, 0.25) is 11.8 Å². The summed E-state index contributed by atoms with van der Waals surface area (Å²) in [7, 11) is 0. The third-order valence-electron chi connectivity index (χ3n) is 3.88. The number of carbonyl (C=O) groups excluding carboxylic acids is 2. The number of carbonyl (C=O) groups is 2. The third kappa shape index (κ3) is 5.11. The average molecular weight is 308 g/mol. The lowest BCUT2D eigenvalue weighted by Gasteiger charge is -2.15. The van der Waals surface area contributed by atoms with E-state index >= 15 is 0 Å². The number of hydrogen-bond donors (Lipinski definition) is 3. The van der Waals surface area contributed by atoms with Gasteiger partial charge in [-0.3, -0.25) is 9.59 Å². The first kappa shape index (κ1) is 16.4. The Balaban J connectivity index is 1.66. The summed E-state index contributed by atoms with van der Waals surface area (Å²) >= 11 is 0. The number of aliphatic hydroxyl groups is 1. The Morgan fingerprint density at radius 1 is 1.23 bits per heavy atom. The first-order valence-electron chi connectivity index (χ1n) is 7.50. The van der Waals surface area contributed by atoms with E-state index in [1.54, 1.807) is 6.07 Å². The van der Waals surface area contributed by atoms with Crippen molar-refractivity contribution in [3.8, 4) is 0 Å². The van der Waals surface area contributed by atoms with Gasteiger partial charge in [0, 0.05) is 12.5 Å². The van der Waals surface area contributed by atoms with Gasteiger partial charge in [-0.25, -0.2) is 4.39 Å². The number of rotatable bonds is 6. The normalized spacial score (nSPS) is 20.6. The van der Waals surface area contributed by atoms with Crippen LogP contribution >= 0.6 is 0 Å². The maximum absolute atomic E-state index is 13.0. The molecule has 2 rings (SSSR count). The van der Waals surface area contributed by atoms with Gasteiger partial charge in [-0.15, -0.1) is 0 Å². The third-order valence-corrected chi connectivity index (χ3v) is 3.88. The molecule has 1 aliphatic rings. The van der Waals surface area contributed by atoms with Crippen LogP contribution < -0.4 is 10.6 Å². The molecule has 2 unspecified atom stereocenters. The average Bonchev–Trinajstić information content (AvgIpc) is 2.88. The highest BCUT2D eigenvalue weighted by molar-refractivity contribution is 5.85. The number of hydrogen-bond acceptors (Lipinski definition) is 3. The van der Waals surface area contributed by atoms with E-state index in [0.717, 1.165) is 19.3 Å². The minimum Gasteiger partial charge on any atom is -0.393 e. The van der Waals surface area contributed by atoms with Crippen LogP contribution in [0.25, 0.3) is 0 Å². The van der Waals surface area contributed by atoms with Crippen LogP contribution in [0, 0.1) is 11.7 Å². The molecular weight excluding hydrogens is 287 g/mol. The zero-order valence-electron chi connectivity index (χ0n) is 12.3. The second kappa shape index (κ2) is 7.89. The highest BCUT2D eigenvalue weighted by atomic mass is 19.1. The van der Waals surface area contributed by atoms with E-state index in [0.29, 0.717) is 12.1 Å². The minimum absolute atomic E-state index is 0.0341. The largest absolute Gasteiger partial charge is 0.393 e. The lowest BCUT2D eigenvalue weighted by Crippen LogP contribution is -2.40. The Hall–Kier alpha value is -1.95. The van der Waals surface area contributed by atoms with Gasteiger partial charge in [0.05, 0.1) is 19.1 Å². The van der Waals surface area contributed by atoms with Crippen LogP contribution in [-0.4, -0.2) is 36.1 Å². The van der Waals surface area contributed by atoms with E-state index in [-0.39, 0.29) is 36.8 Å². The van der Waals surface area contributed by atoms with Crippen molar-refractivity contribution in [2.45, 2.75) is 31.8 Å². The van der Waals surface area contributed by atoms with E-state index in [2.05, 4.69) is 10.6 Å². The van der Waals surface area contributed by atoms with Crippen LogP contribution in [0.1, 0.15) is 24.8 Å². The van der Waals surface area contributed by atoms with Crippen molar-refractivity contribution in [2.75, 3.05) is 13.1 Å². The van der Waals surface area contributed by atoms with Gasteiger partial charge in [-0.1, -0.05) is 18.6 Å². The van der Waals surface area contributed by atoms with Crippen molar-refractivity contribution in [3.05, 3.63) is 35.6 Å². The first-order chi connectivity index (χ1) is 10.5. The van der Waals surface area contributed by atoms with Crippen molar-refractivity contribution in [1.82, 2.24) is 10.6 Å². The first-order valence-corrected chi connectivity index (χ1v) is 7.50. The second-order valence-electron chi connectivity index (χ2n) is 5.65. The molecule has 0 aromatic heterocycles. The van der Waals surface area contributed by atoms with Crippen molar-refractivity contribution < 1.29 is 19.1 Å². The van der Waals surface area contributed by atoms with Crippen LogP contribution in [0.15, 0.2) is 24.3 Å². The van der Waals surface area contributed by atoms with Crippen molar-refractivity contribution in [3.63, 3.8) is 0 Å². The van der Waals surface area contributed by atoms with Gasteiger partial charge in [-0.2, -0.15) is 0 Å². The minimum atomic E-state index is -0.391. The van der Waals surface area contributed by atoms with Crippen LogP contribution in [0.2, 0.25) is 0 Å². The molecule has 1 aliphatic carbocycles. The lowest BCUT2D eigenvalue weighted by molar-refractivity contribution is -0.125. The maximum atomic E-state index is 13.0. The molecule has 0 heterocycles. The Labute approximate surface area is 128 Å². The standard InChI is InChI=1S/C16H21FN2O3/c17-13-5-1-3-11(7-13)8-15(21)19-10-16(22)18-9-12-4-2-6-14(12)20/h1,3,5,7,12,14,20H,2,4,6,8-10H2,(H,18,22)(H,19,21). The quantitative estimate of drug-likeness (QED) is 0.726. The molecule has 0 aliphatic heterocycles. The fourth-order valence-corrected chi connectivity index (χ4v) is 2.64. The topological polar surface area (TPSA) is 78.4 Å². The number of aliphatic hydroxyl groups excluding tert-OH is 1. The van der Waals surface area contributed by atoms with Crippen molar-refractivity contribution in [2.24, 2.45) is 5.92 Å². The molecule has 2 amide bonds. The van der Waals surface area contributed by atoms with Crippen LogP contribution in [0.4, 0.5) is 4.39 Å². The van der Waals surface area contributed by atoms with Crippen LogP contribution in [0.3, 0.4) is 0 Å². The molecule has 2 atom stereocenters. The fraction of sp³-hybridized carbons (Fsp3) is 0.500. The van der Waals surface area contributed by atoms with Crippen molar-refractivity contribution in [1.29, 1.82) is 0 Å². The van der Waals surface area contributed by atoms with E-state index < -0.39 is 5.82 Å². The maximum Gasteiger partial charge on any atom is 0.239 e. The van der Waals surface area contributed by atoms with E-state index in [1.807, 2.05) is 0 Å². The van der Waals surface area contributed by atoms with E-state index in [9.17, 15) is 19.1 Å². The smallest absolute Gasteiger partial charge is 0.239 e. The summed E-state index contributed by atoms with van der Waals surface area (Å²) in [6.45, 7) is 0.316. The summed E-state index contributed by atoms with van der Waals surface area (Å²) in [5.41, 5.74) is 0.562. The summed E-state index contributed by atoms with van der Waals surface area (Å²) in [6.07, 6.45) is 2.36. The Morgan fingerprint density at radius 3 is 2.73 bits per heavy atom. The molecular formula is C16H21FN2O3. The molecule has 0 saturated heterocycles. The van der Waals surface area contributed by atoms with Gasteiger partial charge < -0.3 is 15.7 Å². The van der Waals surface area contributed by atoms with Crippen LogP contribution in [-0.2, 0) is 16.0 Å². The fourth-order valence-electron chi connectivity index (χ4n) is 2.64. The zero-order chi connectivity index (χ0) is 15.9. The molecule has 120 valence electrons. The summed E-state index contributed by atoms with van der Waals surface area (Å²) in [4.78, 5) is 23.3. The zero-order valence-corrected chi connectivity index (χ0v) is 12.3. The molecule has 5 nitrogen and oxygen atoms in total. The monoisotopic (exact) mass is 308 g/mol. The molecule has 0 radical (unpaired) electrons. The predicted molar refractivity (Wildman–Crippen MR) is 79.5 cm³/mol. The predicted octanol–water partition coefficient (Wildman–Crippen LogP) is 0.762. The summed E-state index contributed by atoms with van der Waals surface area (Å²) in [5.74, 6) is -0.904. The van der Waals surface area contributed by atoms with Gasteiger partial charge in [0.1, 0.15) is 5.82 Å². The number of halogens is 1. The molecule has 1 fully saturated rings. The van der Waals surface area contributed by atoms with Gasteiger partial charge in [0.25, 0.3) is 0 Å².